The van der Waals surface area contributed by atoms with Crippen LogP contribution in [0, 0.1) is 11.3 Å². The van der Waals surface area contributed by atoms with Gasteiger partial charge in [-0.05, 0) is 12.1 Å². The Morgan fingerprint density at radius 3 is 3.00 bits per heavy atom. The molecule has 0 aromatic heterocycles. The molecule has 1 unspecified atom stereocenters. The Hall–Kier alpha value is -1.11. The molecule has 1 atom stereocenters. The molecular formula is C9H6Cl2N2O. The molecule has 2 rings (SSSR count). The number of fused-ring (bicyclic) bond motifs is 1. The highest BCUT2D eigenvalue weighted by atomic mass is 35.5. The van der Waals surface area contributed by atoms with Crippen molar-refractivity contribution in [3.8, 4) is 11.8 Å². The summed E-state index contributed by atoms with van der Waals surface area (Å²) in [4.78, 5) is 0. The highest BCUT2D eigenvalue weighted by Gasteiger charge is 2.21. The highest BCUT2D eigenvalue weighted by Crippen LogP contribution is 2.38. The monoisotopic (exact) mass is 228 g/mol. The second-order valence-corrected chi connectivity index (χ2v) is 3.72. The summed E-state index contributed by atoms with van der Waals surface area (Å²) in [7, 11) is 0. The zero-order valence-corrected chi connectivity index (χ0v) is 8.56. The number of nitrogens with zero attached hydrogens (tertiary/aromatic N) is 1. The standard InChI is InChI=1S/C9H6Cl2N2O/c10-5-1-7(11)9-8(2-5)13-4-6(3-12)14-9/h1-2,6,13H,4H2. The molecule has 0 saturated carbocycles. The summed E-state index contributed by atoms with van der Waals surface area (Å²) in [6, 6.07) is 5.32. The fourth-order valence-electron chi connectivity index (χ4n) is 1.27. The average Bonchev–Trinajstić information content (AvgIpc) is 2.17. The molecule has 0 spiro atoms. The molecule has 5 heteroatoms. The van der Waals surface area contributed by atoms with Crippen molar-refractivity contribution in [2.45, 2.75) is 6.10 Å². The van der Waals surface area contributed by atoms with Gasteiger partial charge in [-0.1, -0.05) is 23.2 Å². The maximum Gasteiger partial charge on any atom is 0.201 e. The Bertz CT molecular complexity index is 414. The Kier molecular flexibility index (Phi) is 2.40. The average molecular weight is 229 g/mol. The molecule has 0 amide bonds. The van der Waals surface area contributed by atoms with Crippen LogP contribution in [0.15, 0.2) is 12.1 Å². The molecule has 1 aliphatic heterocycles. The first-order valence-corrected chi connectivity index (χ1v) is 4.75. The van der Waals surface area contributed by atoms with Gasteiger partial charge in [-0.15, -0.1) is 0 Å². The molecule has 0 saturated heterocycles. The molecule has 1 aromatic rings. The molecule has 1 aromatic carbocycles. The van der Waals surface area contributed by atoms with Gasteiger partial charge >= 0.3 is 0 Å². The Labute approximate surface area is 91.2 Å². The maximum atomic E-state index is 8.68. The number of ether oxygens (including phenoxy) is 1. The third kappa shape index (κ3) is 1.59. The Balaban J connectivity index is 2.43. The van der Waals surface area contributed by atoms with Gasteiger partial charge < -0.3 is 10.1 Å². The second kappa shape index (κ2) is 3.56. The minimum Gasteiger partial charge on any atom is -0.470 e. The predicted octanol–water partition coefficient (Wildman–Crippen LogP) is 2.69. The van der Waals surface area contributed by atoms with Gasteiger partial charge in [0.2, 0.25) is 6.10 Å². The number of rotatable bonds is 0. The maximum absolute atomic E-state index is 8.68. The van der Waals surface area contributed by atoms with Crippen LogP contribution in [0.3, 0.4) is 0 Å². The highest BCUT2D eigenvalue weighted by molar-refractivity contribution is 6.36. The minimum atomic E-state index is -0.499. The fraction of sp³-hybridized carbons (Fsp3) is 0.222. The normalized spacial score (nSPS) is 18.8. The number of benzene rings is 1. The van der Waals surface area contributed by atoms with E-state index < -0.39 is 6.10 Å². The van der Waals surface area contributed by atoms with Gasteiger partial charge in [0, 0.05) is 5.02 Å². The van der Waals surface area contributed by atoms with Crippen molar-refractivity contribution in [2.75, 3.05) is 11.9 Å². The summed E-state index contributed by atoms with van der Waals surface area (Å²) in [5.41, 5.74) is 0.731. The van der Waals surface area contributed by atoms with E-state index in [-0.39, 0.29) is 0 Å². The molecule has 3 nitrogen and oxygen atoms in total. The molecule has 0 bridgehead atoms. The number of hydrogen-bond acceptors (Lipinski definition) is 3. The van der Waals surface area contributed by atoms with Gasteiger partial charge in [0.15, 0.2) is 5.75 Å². The van der Waals surface area contributed by atoms with E-state index in [1.807, 2.05) is 6.07 Å². The topological polar surface area (TPSA) is 45.0 Å². The van der Waals surface area contributed by atoms with Crippen molar-refractivity contribution in [2.24, 2.45) is 0 Å². The summed E-state index contributed by atoms with van der Waals surface area (Å²) in [5.74, 6) is 0.494. The van der Waals surface area contributed by atoms with Crippen LogP contribution in [0.25, 0.3) is 0 Å². The Morgan fingerprint density at radius 1 is 1.50 bits per heavy atom. The molecule has 1 N–H and O–H groups in total. The number of halogens is 2. The quantitative estimate of drug-likeness (QED) is 0.743. The van der Waals surface area contributed by atoms with E-state index in [9.17, 15) is 0 Å². The molecule has 1 aliphatic rings. The van der Waals surface area contributed by atoms with E-state index in [1.165, 1.54) is 0 Å². The first-order chi connectivity index (χ1) is 6.70. The fourth-order valence-corrected chi connectivity index (χ4v) is 1.81. The van der Waals surface area contributed by atoms with Crippen molar-refractivity contribution in [1.82, 2.24) is 0 Å². The van der Waals surface area contributed by atoms with Crippen LogP contribution in [-0.2, 0) is 0 Å². The molecule has 0 fully saturated rings. The molecule has 72 valence electrons. The summed E-state index contributed by atoms with van der Waals surface area (Å²) >= 11 is 11.7. The third-order valence-electron chi connectivity index (χ3n) is 1.89. The predicted molar refractivity (Wildman–Crippen MR) is 55.0 cm³/mol. The SMILES string of the molecule is N#CC1CNc2cc(Cl)cc(Cl)c2O1. The van der Waals surface area contributed by atoms with E-state index in [2.05, 4.69) is 5.32 Å². The molecule has 1 heterocycles. The third-order valence-corrected chi connectivity index (χ3v) is 2.39. The number of hydrogen-bond donors (Lipinski definition) is 1. The smallest absolute Gasteiger partial charge is 0.201 e. The summed E-state index contributed by atoms with van der Waals surface area (Å²) in [6.07, 6.45) is -0.499. The number of nitrogens with one attached hydrogen (secondary N) is 1. The first kappa shape index (κ1) is 9.45. The van der Waals surface area contributed by atoms with Gasteiger partial charge in [0.05, 0.1) is 17.3 Å². The van der Waals surface area contributed by atoms with Gasteiger partial charge in [-0.2, -0.15) is 5.26 Å². The van der Waals surface area contributed by atoms with Crippen molar-refractivity contribution in [3.63, 3.8) is 0 Å². The van der Waals surface area contributed by atoms with Gasteiger partial charge in [0.1, 0.15) is 6.07 Å². The van der Waals surface area contributed by atoms with Gasteiger partial charge in [-0.25, -0.2) is 0 Å². The van der Waals surface area contributed by atoms with Crippen LogP contribution < -0.4 is 10.1 Å². The van der Waals surface area contributed by atoms with Gasteiger partial charge in [-0.3, -0.25) is 0 Å². The van der Waals surface area contributed by atoms with Crippen LogP contribution in [0.1, 0.15) is 0 Å². The van der Waals surface area contributed by atoms with Crippen molar-refractivity contribution >= 4 is 28.9 Å². The lowest BCUT2D eigenvalue weighted by atomic mass is 10.2. The van der Waals surface area contributed by atoms with E-state index >= 15 is 0 Å². The number of nitriles is 1. The Morgan fingerprint density at radius 2 is 2.29 bits per heavy atom. The molecule has 0 aliphatic carbocycles. The largest absolute Gasteiger partial charge is 0.470 e. The zero-order chi connectivity index (χ0) is 10.1. The lowest BCUT2D eigenvalue weighted by Gasteiger charge is -2.23. The van der Waals surface area contributed by atoms with Crippen LogP contribution in [-0.4, -0.2) is 12.6 Å². The van der Waals surface area contributed by atoms with E-state index in [0.29, 0.717) is 22.3 Å². The molecule has 0 radical (unpaired) electrons. The molecular weight excluding hydrogens is 223 g/mol. The molecule has 14 heavy (non-hydrogen) atoms. The first-order valence-electron chi connectivity index (χ1n) is 4.00. The van der Waals surface area contributed by atoms with Crippen molar-refractivity contribution < 1.29 is 4.74 Å². The van der Waals surface area contributed by atoms with E-state index in [4.69, 9.17) is 33.2 Å². The minimum absolute atomic E-state index is 0.417. The van der Waals surface area contributed by atoms with Crippen molar-refractivity contribution in [3.05, 3.63) is 22.2 Å². The number of anilines is 1. The van der Waals surface area contributed by atoms with Crippen molar-refractivity contribution in [1.29, 1.82) is 5.26 Å². The van der Waals surface area contributed by atoms with Gasteiger partial charge in [0.25, 0.3) is 0 Å². The summed E-state index contributed by atoms with van der Waals surface area (Å²) in [5, 5.41) is 12.7. The summed E-state index contributed by atoms with van der Waals surface area (Å²) < 4.78 is 5.35. The summed E-state index contributed by atoms with van der Waals surface area (Å²) in [6.45, 7) is 0.445. The van der Waals surface area contributed by atoms with Crippen LogP contribution >= 0.6 is 23.2 Å². The lowest BCUT2D eigenvalue weighted by Crippen LogP contribution is -2.29. The lowest BCUT2D eigenvalue weighted by molar-refractivity contribution is 0.260. The van der Waals surface area contributed by atoms with Crippen LogP contribution in [0.5, 0.6) is 5.75 Å². The second-order valence-electron chi connectivity index (χ2n) is 2.88. The van der Waals surface area contributed by atoms with Crippen LogP contribution in [0.2, 0.25) is 10.0 Å². The van der Waals surface area contributed by atoms with Crippen LogP contribution in [0.4, 0.5) is 5.69 Å². The van der Waals surface area contributed by atoms with E-state index in [0.717, 1.165) is 5.69 Å². The zero-order valence-electron chi connectivity index (χ0n) is 7.05. The van der Waals surface area contributed by atoms with E-state index in [1.54, 1.807) is 12.1 Å².